The van der Waals surface area contributed by atoms with Crippen molar-refractivity contribution in [1.29, 1.82) is 0 Å². The number of aromatic nitrogens is 1. The summed E-state index contributed by atoms with van der Waals surface area (Å²) in [4.78, 5) is 21.2. The number of para-hydroxylation sites is 1. The number of aryl methyl sites for hydroxylation is 1. The maximum atomic E-state index is 11.6. The normalized spacial score (nSPS) is 22.6. The van der Waals surface area contributed by atoms with E-state index in [4.69, 9.17) is 23.9 Å². The fourth-order valence-corrected chi connectivity index (χ4v) is 7.31. The summed E-state index contributed by atoms with van der Waals surface area (Å²) in [6.45, 7) is 7.21. The van der Waals surface area contributed by atoms with Gasteiger partial charge in [0.15, 0.2) is 5.13 Å². The van der Waals surface area contributed by atoms with Gasteiger partial charge in [-0.05, 0) is 55.0 Å². The quantitative estimate of drug-likeness (QED) is 0.376. The Hall–Kier alpha value is -3.18. The summed E-state index contributed by atoms with van der Waals surface area (Å²) >= 11 is 1.56. The van der Waals surface area contributed by atoms with E-state index in [-0.39, 0.29) is 6.10 Å². The van der Waals surface area contributed by atoms with Gasteiger partial charge in [-0.1, -0.05) is 18.2 Å². The van der Waals surface area contributed by atoms with Gasteiger partial charge in [0.25, 0.3) is 0 Å². The highest BCUT2D eigenvalue weighted by molar-refractivity contribution is 7.14. The Balaban J connectivity index is 1.18. The minimum Gasteiger partial charge on any atom is -0.496 e. The van der Waals surface area contributed by atoms with E-state index in [1.807, 2.05) is 17.5 Å². The molecule has 3 aliphatic rings. The number of benzene rings is 2. The first-order chi connectivity index (χ1) is 20.4. The molecule has 2 fully saturated rings. The number of methoxy groups -OCH3 is 2. The number of fused-ring (bicyclic) bond motifs is 1. The highest BCUT2D eigenvalue weighted by atomic mass is 32.1. The van der Waals surface area contributed by atoms with Crippen molar-refractivity contribution in [2.24, 2.45) is 5.92 Å². The molecule has 3 aliphatic heterocycles. The monoisotopic (exact) mass is 593 g/mol. The largest absolute Gasteiger partial charge is 0.496 e. The molecule has 0 radical (unpaired) electrons. The SMILES string of the molecule is COc1cc(COc2c(C)cccc2-c2csc(N3CC[C@@H](C(=O)O)[C@@H](OC)C3)n2)cc2c1CN([C@H]1CCOC1)CC2. The van der Waals surface area contributed by atoms with Crippen molar-refractivity contribution in [3.63, 3.8) is 0 Å². The van der Waals surface area contributed by atoms with Gasteiger partial charge in [-0.15, -0.1) is 11.3 Å². The Morgan fingerprint density at radius 1 is 1.21 bits per heavy atom. The van der Waals surface area contributed by atoms with Crippen molar-refractivity contribution in [2.45, 2.75) is 51.5 Å². The molecule has 9 nitrogen and oxygen atoms in total. The van der Waals surface area contributed by atoms with Crippen LogP contribution in [0.1, 0.15) is 35.1 Å². The number of nitrogens with zero attached hydrogens (tertiary/aromatic N) is 3. The second-order valence-corrected chi connectivity index (χ2v) is 12.2. The number of carboxylic acid groups (broad SMARTS) is 1. The van der Waals surface area contributed by atoms with E-state index in [1.54, 1.807) is 25.6 Å². The number of hydrogen-bond acceptors (Lipinski definition) is 9. The predicted octanol–water partition coefficient (Wildman–Crippen LogP) is 4.78. The van der Waals surface area contributed by atoms with Crippen molar-refractivity contribution in [1.82, 2.24) is 9.88 Å². The molecule has 4 heterocycles. The number of carbonyl (C=O) groups is 1. The van der Waals surface area contributed by atoms with Crippen LogP contribution in [-0.4, -0.2) is 80.2 Å². The summed E-state index contributed by atoms with van der Waals surface area (Å²) in [5, 5.41) is 12.4. The average molecular weight is 594 g/mol. The highest BCUT2D eigenvalue weighted by Gasteiger charge is 2.35. The average Bonchev–Trinajstić information content (AvgIpc) is 3.73. The molecule has 1 aromatic heterocycles. The van der Waals surface area contributed by atoms with Crippen molar-refractivity contribution >= 4 is 22.4 Å². The molecule has 0 spiro atoms. The molecule has 6 rings (SSSR count). The van der Waals surface area contributed by atoms with E-state index in [1.165, 1.54) is 11.1 Å². The van der Waals surface area contributed by atoms with Gasteiger partial charge in [0.1, 0.15) is 18.1 Å². The van der Waals surface area contributed by atoms with Crippen LogP contribution in [0.25, 0.3) is 11.3 Å². The summed E-state index contributed by atoms with van der Waals surface area (Å²) in [6.07, 6.45) is 2.24. The maximum Gasteiger partial charge on any atom is 0.309 e. The first-order valence-corrected chi connectivity index (χ1v) is 15.5. The highest BCUT2D eigenvalue weighted by Crippen LogP contribution is 2.38. The van der Waals surface area contributed by atoms with Crippen LogP contribution in [0.5, 0.6) is 11.5 Å². The molecule has 0 aliphatic carbocycles. The van der Waals surface area contributed by atoms with Crippen molar-refractivity contribution in [2.75, 3.05) is 52.0 Å². The Labute approximate surface area is 251 Å². The molecule has 1 N–H and O–H groups in total. The van der Waals surface area contributed by atoms with Crippen molar-refractivity contribution in [3.05, 3.63) is 58.0 Å². The van der Waals surface area contributed by atoms with E-state index < -0.39 is 11.9 Å². The second-order valence-electron chi connectivity index (χ2n) is 11.4. The van der Waals surface area contributed by atoms with Crippen LogP contribution < -0.4 is 14.4 Å². The van der Waals surface area contributed by atoms with E-state index >= 15 is 0 Å². The van der Waals surface area contributed by atoms with Crippen LogP contribution in [0, 0.1) is 12.8 Å². The van der Waals surface area contributed by atoms with Crippen LogP contribution >= 0.6 is 11.3 Å². The van der Waals surface area contributed by atoms with Crippen LogP contribution in [0.15, 0.2) is 35.7 Å². The molecule has 224 valence electrons. The van der Waals surface area contributed by atoms with E-state index in [0.717, 1.165) is 78.2 Å². The lowest BCUT2D eigenvalue weighted by Crippen LogP contribution is -2.47. The second kappa shape index (κ2) is 12.6. The van der Waals surface area contributed by atoms with Crippen LogP contribution in [0.4, 0.5) is 5.13 Å². The number of thiazole rings is 1. The van der Waals surface area contributed by atoms with Gasteiger partial charge >= 0.3 is 5.97 Å². The Kier molecular flexibility index (Phi) is 8.67. The molecule has 0 saturated carbocycles. The maximum absolute atomic E-state index is 11.6. The van der Waals surface area contributed by atoms with Gasteiger partial charge < -0.3 is 29.0 Å². The van der Waals surface area contributed by atoms with E-state index in [9.17, 15) is 9.90 Å². The third-order valence-electron chi connectivity index (χ3n) is 8.85. The number of hydrogen-bond donors (Lipinski definition) is 1. The van der Waals surface area contributed by atoms with Crippen LogP contribution in [-0.2, 0) is 33.8 Å². The zero-order chi connectivity index (χ0) is 29.2. The first-order valence-electron chi connectivity index (χ1n) is 14.6. The Bertz CT molecular complexity index is 1400. The molecule has 3 atom stereocenters. The summed E-state index contributed by atoms with van der Waals surface area (Å²) in [5.74, 6) is 0.439. The topological polar surface area (TPSA) is 93.6 Å². The number of carboxylic acids is 1. The summed E-state index contributed by atoms with van der Waals surface area (Å²) in [6, 6.07) is 11.0. The summed E-state index contributed by atoms with van der Waals surface area (Å²) < 4.78 is 23.5. The van der Waals surface area contributed by atoms with E-state index in [2.05, 4.69) is 34.9 Å². The lowest BCUT2D eigenvalue weighted by atomic mass is 9.94. The molecular formula is C32H39N3O6S. The number of anilines is 1. The number of rotatable bonds is 9. The molecule has 2 aromatic carbocycles. The van der Waals surface area contributed by atoms with Crippen molar-refractivity contribution in [3.8, 4) is 22.8 Å². The molecule has 3 aromatic rings. The number of aliphatic carboxylic acids is 1. The van der Waals surface area contributed by atoms with Gasteiger partial charge in [0.05, 0.1) is 31.4 Å². The smallest absolute Gasteiger partial charge is 0.309 e. The first kappa shape index (κ1) is 28.9. The van der Waals surface area contributed by atoms with Gasteiger partial charge in [-0.3, -0.25) is 9.69 Å². The Morgan fingerprint density at radius 2 is 2.10 bits per heavy atom. The van der Waals surface area contributed by atoms with Gasteiger partial charge in [0, 0.05) is 62.4 Å². The van der Waals surface area contributed by atoms with E-state index in [0.29, 0.717) is 32.2 Å². The standard InChI is InChI=1S/C32H39N3O6S/c1-20-5-4-6-24(27-19-42-32(33-27)35-11-8-25(31(36)37)29(16-35)39-3)30(20)41-17-21-13-22-7-10-34(23-9-12-40-18-23)15-26(22)28(14-21)38-2/h4-6,13-14,19,23,25,29H,7-12,15-18H2,1-3H3,(H,36,37)/t23-,25+,29-/m0/s1. The fourth-order valence-electron chi connectivity index (χ4n) is 6.45. The molecule has 42 heavy (non-hydrogen) atoms. The predicted molar refractivity (Wildman–Crippen MR) is 162 cm³/mol. The van der Waals surface area contributed by atoms with Gasteiger partial charge in [-0.2, -0.15) is 0 Å². The summed E-state index contributed by atoms with van der Waals surface area (Å²) in [5.41, 5.74) is 6.53. The Morgan fingerprint density at radius 3 is 2.86 bits per heavy atom. The molecule has 0 unspecified atom stereocenters. The molecule has 0 bridgehead atoms. The third kappa shape index (κ3) is 5.86. The lowest BCUT2D eigenvalue weighted by molar-refractivity contribution is -0.147. The molecule has 10 heteroatoms. The summed E-state index contributed by atoms with van der Waals surface area (Å²) in [7, 11) is 3.32. The van der Waals surface area contributed by atoms with Crippen LogP contribution in [0.2, 0.25) is 0 Å². The zero-order valence-corrected chi connectivity index (χ0v) is 25.3. The van der Waals surface area contributed by atoms with Crippen molar-refractivity contribution < 1.29 is 28.8 Å². The number of piperidine rings is 1. The zero-order valence-electron chi connectivity index (χ0n) is 24.5. The van der Waals surface area contributed by atoms with Gasteiger partial charge in [0.2, 0.25) is 0 Å². The molecule has 2 saturated heterocycles. The third-order valence-corrected chi connectivity index (χ3v) is 9.75. The lowest BCUT2D eigenvalue weighted by Gasteiger charge is -2.35. The van der Waals surface area contributed by atoms with Crippen LogP contribution in [0.3, 0.4) is 0 Å². The number of ether oxygens (including phenoxy) is 4. The minimum atomic E-state index is -0.805. The van der Waals surface area contributed by atoms with Gasteiger partial charge in [-0.25, -0.2) is 4.98 Å². The molecule has 0 amide bonds. The minimum absolute atomic E-state index is 0.366. The molecular weight excluding hydrogens is 554 g/mol. The fraction of sp³-hybridized carbons (Fsp3) is 0.500.